The lowest BCUT2D eigenvalue weighted by atomic mass is 9.94. The number of carbonyl (C=O) groups excluding carboxylic acids is 1. The lowest BCUT2D eigenvalue weighted by Gasteiger charge is -2.27. The summed E-state index contributed by atoms with van der Waals surface area (Å²) >= 11 is 0. The molecule has 3 heterocycles. The summed E-state index contributed by atoms with van der Waals surface area (Å²) in [5.74, 6) is -1.13. The van der Waals surface area contributed by atoms with Gasteiger partial charge in [-0.05, 0) is 37.0 Å². The van der Waals surface area contributed by atoms with Crippen LogP contribution in [0.15, 0.2) is 18.2 Å². The fourth-order valence-electron chi connectivity index (χ4n) is 4.52. The van der Waals surface area contributed by atoms with Gasteiger partial charge >= 0.3 is 0 Å². The molecule has 0 spiro atoms. The number of phenolic OH excluding ortho intramolecular Hbond substituents is 1. The maximum atomic E-state index is 14.6. The molecule has 1 saturated heterocycles. The maximum absolute atomic E-state index is 14.6. The zero-order valence-electron chi connectivity index (χ0n) is 17.4. The summed E-state index contributed by atoms with van der Waals surface area (Å²) in [5.41, 5.74) is 2.39. The molecule has 0 bridgehead atoms. The fourth-order valence-corrected chi connectivity index (χ4v) is 4.52. The number of nitriles is 1. The van der Waals surface area contributed by atoms with Crippen molar-refractivity contribution >= 4 is 29.3 Å². The quantitative estimate of drug-likeness (QED) is 0.557. The lowest BCUT2D eigenvalue weighted by Crippen LogP contribution is -2.47. The van der Waals surface area contributed by atoms with E-state index < -0.39 is 5.82 Å². The first-order valence-corrected chi connectivity index (χ1v) is 10.3. The molecule has 2 aromatic heterocycles. The maximum Gasteiger partial charge on any atom is 0.226 e. The summed E-state index contributed by atoms with van der Waals surface area (Å²) in [6, 6.07) is 5.96. The predicted octanol–water partition coefficient (Wildman–Crippen LogP) is 2.61. The number of aromatic amines is 1. The minimum atomic E-state index is -0.675. The van der Waals surface area contributed by atoms with Crippen molar-refractivity contribution in [3.05, 3.63) is 40.8 Å². The first-order chi connectivity index (χ1) is 15.0. The number of aryl methyl sites for hydroxylation is 1. The molecule has 1 unspecified atom stereocenters. The Morgan fingerprint density at radius 3 is 2.78 bits per heavy atom. The number of hydrogen-bond acceptors (Lipinski definition) is 6. The Kier molecular flexibility index (Phi) is 5.75. The Morgan fingerprint density at radius 1 is 1.34 bits per heavy atom. The van der Waals surface area contributed by atoms with E-state index in [2.05, 4.69) is 26.6 Å². The number of pyridine rings is 1. The molecule has 1 aliphatic heterocycles. The van der Waals surface area contributed by atoms with E-state index in [1.807, 2.05) is 11.8 Å². The normalized spacial score (nSPS) is 20.0. The minimum Gasteiger partial charge on any atom is -0.508 e. The van der Waals surface area contributed by atoms with Crippen LogP contribution < -0.4 is 5.32 Å². The molecule has 1 aliphatic carbocycles. The number of amides is 1. The standard InChI is InChI=1S/C22H21FN6O2.ClH/c1-11-18-19(14-9-15(14)22(31)29-6-4-25-5-7-29)16(10-24)20(26-21(18)28-27-11)13-3-2-12(30)8-17(13)23;/h2-3,8,14-15,25,30H,4-7,9H2,1H3,(H,26,27,28);1H/t14?,15-;/m0./s1. The summed E-state index contributed by atoms with van der Waals surface area (Å²) in [4.78, 5) is 19.4. The molecule has 10 heteroatoms. The zero-order valence-corrected chi connectivity index (χ0v) is 18.2. The molecule has 5 rings (SSSR count). The molecule has 0 radical (unpaired) electrons. The average Bonchev–Trinajstić information content (AvgIpc) is 3.48. The summed E-state index contributed by atoms with van der Waals surface area (Å²) in [7, 11) is 0. The highest BCUT2D eigenvalue weighted by Gasteiger charge is 2.48. The highest BCUT2D eigenvalue weighted by atomic mass is 35.5. The van der Waals surface area contributed by atoms with Crippen molar-refractivity contribution in [2.75, 3.05) is 26.2 Å². The van der Waals surface area contributed by atoms with E-state index in [0.29, 0.717) is 30.7 Å². The van der Waals surface area contributed by atoms with Crippen molar-refractivity contribution in [2.45, 2.75) is 19.3 Å². The number of halogens is 2. The Hall–Kier alpha value is -3.22. The van der Waals surface area contributed by atoms with Crippen molar-refractivity contribution in [1.82, 2.24) is 25.4 Å². The molecule has 1 saturated carbocycles. The number of carbonyl (C=O) groups is 1. The third kappa shape index (κ3) is 3.55. The predicted molar refractivity (Wildman–Crippen MR) is 118 cm³/mol. The molecule has 2 aliphatic rings. The van der Waals surface area contributed by atoms with Gasteiger partial charge in [0.25, 0.3) is 0 Å². The van der Waals surface area contributed by atoms with Crippen LogP contribution >= 0.6 is 12.4 Å². The number of H-pyrrole nitrogens is 1. The Morgan fingerprint density at radius 2 is 2.09 bits per heavy atom. The van der Waals surface area contributed by atoms with Crippen molar-refractivity contribution in [2.24, 2.45) is 5.92 Å². The van der Waals surface area contributed by atoms with Gasteiger partial charge in [0.15, 0.2) is 5.65 Å². The number of nitrogens with one attached hydrogen (secondary N) is 2. The highest BCUT2D eigenvalue weighted by Crippen LogP contribution is 2.53. The molecule has 166 valence electrons. The number of aromatic nitrogens is 3. The molecule has 2 atom stereocenters. The second-order valence-electron chi connectivity index (χ2n) is 8.10. The van der Waals surface area contributed by atoms with E-state index in [1.54, 1.807) is 0 Å². The van der Waals surface area contributed by atoms with E-state index in [9.17, 15) is 19.6 Å². The Balaban J connectivity index is 0.00000245. The zero-order chi connectivity index (χ0) is 21.7. The number of rotatable bonds is 3. The number of hydrogen-bond donors (Lipinski definition) is 3. The Bertz CT molecular complexity index is 1250. The summed E-state index contributed by atoms with van der Waals surface area (Å²) < 4.78 is 14.6. The second kappa shape index (κ2) is 8.37. The van der Waals surface area contributed by atoms with Crippen LogP contribution in [0.5, 0.6) is 5.75 Å². The third-order valence-corrected chi connectivity index (χ3v) is 6.15. The van der Waals surface area contributed by atoms with Crippen LogP contribution in [-0.4, -0.2) is 57.3 Å². The summed E-state index contributed by atoms with van der Waals surface area (Å²) in [6.07, 6.45) is 0.638. The van der Waals surface area contributed by atoms with Gasteiger partial charge in [0.1, 0.15) is 17.6 Å². The highest BCUT2D eigenvalue weighted by molar-refractivity contribution is 5.92. The third-order valence-electron chi connectivity index (χ3n) is 6.15. The van der Waals surface area contributed by atoms with E-state index in [-0.39, 0.29) is 52.7 Å². The minimum absolute atomic E-state index is 0. The van der Waals surface area contributed by atoms with Gasteiger partial charge in [-0.2, -0.15) is 10.4 Å². The molecule has 1 aromatic carbocycles. The second-order valence-corrected chi connectivity index (χ2v) is 8.10. The SMILES string of the molecule is Cc1[nH]nc2nc(-c3ccc(O)cc3F)c(C#N)c(C3C[C@@H]3C(=O)N3CCNCC3)c12.Cl. The largest absolute Gasteiger partial charge is 0.508 e. The van der Waals surface area contributed by atoms with Crippen LogP contribution in [0.4, 0.5) is 4.39 Å². The van der Waals surface area contributed by atoms with Gasteiger partial charge in [0.05, 0.1) is 11.3 Å². The van der Waals surface area contributed by atoms with Crippen molar-refractivity contribution in [3.8, 4) is 23.1 Å². The number of aromatic hydroxyl groups is 1. The van der Waals surface area contributed by atoms with Crippen LogP contribution in [0, 0.1) is 30.0 Å². The first kappa shape index (κ1) is 22.0. The van der Waals surface area contributed by atoms with E-state index >= 15 is 0 Å². The molecular weight excluding hydrogens is 435 g/mol. The van der Waals surface area contributed by atoms with Crippen molar-refractivity contribution in [1.29, 1.82) is 5.26 Å². The van der Waals surface area contributed by atoms with Crippen LogP contribution in [0.2, 0.25) is 0 Å². The van der Waals surface area contributed by atoms with Crippen LogP contribution in [-0.2, 0) is 4.79 Å². The van der Waals surface area contributed by atoms with Gasteiger partial charge in [-0.3, -0.25) is 9.89 Å². The number of phenols is 1. The Labute approximate surface area is 189 Å². The van der Waals surface area contributed by atoms with Crippen LogP contribution in [0.25, 0.3) is 22.3 Å². The van der Waals surface area contributed by atoms with Crippen LogP contribution in [0.3, 0.4) is 0 Å². The average molecular weight is 457 g/mol. The summed E-state index contributed by atoms with van der Waals surface area (Å²) in [6.45, 7) is 4.74. The van der Waals surface area contributed by atoms with Gasteiger partial charge < -0.3 is 15.3 Å². The van der Waals surface area contributed by atoms with Gasteiger partial charge in [0.2, 0.25) is 5.91 Å². The number of fused-ring (bicyclic) bond motifs is 1. The molecule has 3 aromatic rings. The molecule has 8 nitrogen and oxygen atoms in total. The molecule has 2 fully saturated rings. The smallest absolute Gasteiger partial charge is 0.226 e. The molecule has 1 amide bonds. The van der Waals surface area contributed by atoms with Gasteiger partial charge in [-0.1, -0.05) is 0 Å². The number of benzene rings is 1. The number of nitrogens with zero attached hydrogens (tertiary/aromatic N) is 4. The monoisotopic (exact) mass is 456 g/mol. The first-order valence-electron chi connectivity index (χ1n) is 10.3. The molecule has 3 N–H and O–H groups in total. The van der Waals surface area contributed by atoms with E-state index in [1.165, 1.54) is 12.1 Å². The fraction of sp³-hybridized carbons (Fsp3) is 0.364. The number of piperazine rings is 1. The van der Waals surface area contributed by atoms with Gasteiger partial charge in [-0.15, -0.1) is 12.4 Å². The van der Waals surface area contributed by atoms with E-state index in [4.69, 9.17) is 0 Å². The molecule has 32 heavy (non-hydrogen) atoms. The van der Waals surface area contributed by atoms with E-state index in [0.717, 1.165) is 30.2 Å². The van der Waals surface area contributed by atoms with Gasteiger partial charge in [0, 0.05) is 54.8 Å². The van der Waals surface area contributed by atoms with Crippen molar-refractivity contribution < 1.29 is 14.3 Å². The summed E-state index contributed by atoms with van der Waals surface area (Å²) in [5, 5.41) is 30.7. The molecular formula is C22H22ClFN6O2. The van der Waals surface area contributed by atoms with Crippen LogP contribution in [0.1, 0.15) is 29.2 Å². The lowest BCUT2D eigenvalue weighted by molar-refractivity contribution is -0.133. The van der Waals surface area contributed by atoms with Gasteiger partial charge in [-0.25, -0.2) is 9.37 Å². The van der Waals surface area contributed by atoms with Crippen molar-refractivity contribution in [3.63, 3.8) is 0 Å². The topological polar surface area (TPSA) is 118 Å².